The Morgan fingerprint density at radius 2 is 2.05 bits per heavy atom. The summed E-state index contributed by atoms with van der Waals surface area (Å²) in [6.07, 6.45) is 1.84. The van der Waals surface area contributed by atoms with Crippen LogP contribution in [0.4, 0.5) is 14.5 Å². The van der Waals surface area contributed by atoms with Crippen LogP contribution in [0, 0.1) is 23.0 Å². The monoisotopic (exact) mass is 293 g/mol. The van der Waals surface area contributed by atoms with Gasteiger partial charge in [0.25, 0.3) is 0 Å². The van der Waals surface area contributed by atoms with E-state index in [0.717, 1.165) is 18.5 Å². The average Bonchev–Trinajstić information content (AvgIpc) is 2.41. The Morgan fingerprint density at radius 1 is 1.30 bits per heavy atom. The predicted octanol–water partition coefficient (Wildman–Crippen LogP) is 3.36. The first kappa shape index (κ1) is 13.9. The van der Waals surface area contributed by atoms with Gasteiger partial charge in [0, 0.05) is 0 Å². The molecule has 0 unspecified atom stereocenters. The highest BCUT2D eigenvalue weighted by atomic mass is 35.5. The van der Waals surface area contributed by atoms with Gasteiger partial charge in [-0.3, -0.25) is 4.98 Å². The van der Waals surface area contributed by atoms with Crippen LogP contribution >= 0.6 is 11.6 Å². The van der Waals surface area contributed by atoms with Gasteiger partial charge in [-0.05, 0) is 18.2 Å². The number of hydrogen-bond acceptors (Lipinski definition) is 4. The lowest BCUT2D eigenvalue weighted by Crippen LogP contribution is -2.02. The molecular weight excluding hydrogens is 288 g/mol. The van der Waals surface area contributed by atoms with Gasteiger partial charge in [0.15, 0.2) is 11.5 Å². The molecule has 1 aromatic heterocycles. The van der Waals surface area contributed by atoms with Crippen LogP contribution in [-0.2, 0) is 0 Å². The summed E-state index contributed by atoms with van der Waals surface area (Å²) in [5.41, 5.74) is -0.586. The third kappa shape index (κ3) is 2.73. The standard InChI is InChI=1S/C13H6ClF2N3O/c14-8-3-7(1-2-9(8)15)19-11(4-17)13-10(16)5-18-6-12(13)20/h1-3,5-6,20H. The smallest absolute Gasteiger partial charge is 0.155 e. The zero-order valence-electron chi connectivity index (χ0n) is 9.81. The lowest BCUT2D eigenvalue weighted by Gasteiger charge is -2.03. The van der Waals surface area contributed by atoms with Gasteiger partial charge in [0.1, 0.15) is 17.6 Å². The third-order valence-electron chi connectivity index (χ3n) is 2.37. The largest absolute Gasteiger partial charge is 0.505 e. The van der Waals surface area contributed by atoms with E-state index < -0.39 is 17.4 Å². The molecule has 0 spiro atoms. The quantitative estimate of drug-likeness (QED) is 0.863. The zero-order chi connectivity index (χ0) is 14.7. The lowest BCUT2D eigenvalue weighted by atomic mass is 10.1. The van der Waals surface area contributed by atoms with Gasteiger partial charge < -0.3 is 5.11 Å². The Morgan fingerprint density at radius 3 is 2.65 bits per heavy atom. The number of halogens is 3. The molecule has 1 aromatic carbocycles. The van der Waals surface area contributed by atoms with E-state index in [1.165, 1.54) is 12.1 Å². The fraction of sp³-hybridized carbons (Fsp3) is 0. The first-order valence-electron chi connectivity index (χ1n) is 5.29. The van der Waals surface area contributed by atoms with Crippen LogP contribution < -0.4 is 0 Å². The Hall–Kier alpha value is -2.52. The van der Waals surface area contributed by atoms with Gasteiger partial charge >= 0.3 is 0 Å². The molecule has 1 heterocycles. The maximum absolute atomic E-state index is 13.6. The van der Waals surface area contributed by atoms with Crippen molar-refractivity contribution in [3.8, 4) is 11.8 Å². The van der Waals surface area contributed by atoms with E-state index in [9.17, 15) is 13.9 Å². The molecule has 0 amide bonds. The molecule has 0 saturated heterocycles. The number of hydrogen-bond donors (Lipinski definition) is 1. The molecule has 7 heteroatoms. The topological polar surface area (TPSA) is 69.3 Å². The zero-order valence-corrected chi connectivity index (χ0v) is 10.6. The number of benzene rings is 1. The molecule has 0 radical (unpaired) electrons. The van der Waals surface area contributed by atoms with Crippen LogP contribution in [0.1, 0.15) is 5.56 Å². The molecule has 20 heavy (non-hydrogen) atoms. The van der Waals surface area contributed by atoms with Gasteiger partial charge in [-0.15, -0.1) is 0 Å². The molecular formula is C13H6ClF2N3O. The highest BCUT2D eigenvalue weighted by molar-refractivity contribution is 6.31. The molecule has 0 aliphatic rings. The normalized spacial score (nSPS) is 11.2. The molecule has 2 rings (SSSR count). The molecule has 0 bridgehead atoms. The molecule has 4 nitrogen and oxygen atoms in total. The van der Waals surface area contributed by atoms with Gasteiger partial charge in [-0.2, -0.15) is 5.26 Å². The van der Waals surface area contributed by atoms with E-state index in [4.69, 9.17) is 16.9 Å². The number of aromatic hydroxyl groups is 1. The second-order valence-corrected chi connectivity index (χ2v) is 4.09. The Bertz CT molecular complexity index is 721. The van der Waals surface area contributed by atoms with E-state index in [0.29, 0.717) is 0 Å². The lowest BCUT2D eigenvalue weighted by molar-refractivity contribution is 0.464. The SMILES string of the molecule is N#CC(=Nc1ccc(F)c(Cl)c1)c1c(O)cncc1F. The van der Waals surface area contributed by atoms with Crippen LogP contribution in [0.2, 0.25) is 5.02 Å². The van der Waals surface area contributed by atoms with Crippen molar-refractivity contribution in [1.29, 1.82) is 5.26 Å². The summed E-state index contributed by atoms with van der Waals surface area (Å²) in [5.74, 6) is -2.04. The number of aliphatic imine (C=N–C) groups is 1. The minimum atomic E-state index is -0.890. The number of rotatable bonds is 2. The maximum atomic E-state index is 13.6. The molecule has 2 aromatic rings. The third-order valence-corrected chi connectivity index (χ3v) is 2.66. The maximum Gasteiger partial charge on any atom is 0.155 e. The van der Waals surface area contributed by atoms with Crippen LogP contribution in [-0.4, -0.2) is 15.8 Å². The van der Waals surface area contributed by atoms with Crippen molar-refractivity contribution in [2.45, 2.75) is 0 Å². The Balaban J connectivity index is 2.55. The molecule has 0 aliphatic heterocycles. The molecule has 0 aliphatic carbocycles. The predicted molar refractivity (Wildman–Crippen MR) is 69.1 cm³/mol. The summed E-state index contributed by atoms with van der Waals surface area (Å²) in [6, 6.07) is 5.19. The van der Waals surface area contributed by atoms with Crippen LogP contribution in [0.15, 0.2) is 35.6 Å². The highest BCUT2D eigenvalue weighted by Crippen LogP contribution is 2.25. The highest BCUT2D eigenvalue weighted by Gasteiger charge is 2.15. The molecule has 0 fully saturated rings. The number of pyridine rings is 1. The summed E-state index contributed by atoms with van der Waals surface area (Å²) in [6.45, 7) is 0. The van der Waals surface area contributed by atoms with E-state index >= 15 is 0 Å². The summed E-state index contributed by atoms with van der Waals surface area (Å²) >= 11 is 5.59. The van der Waals surface area contributed by atoms with Crippen molar-refractivity contribution in [1.82, 2.24) is 4.98 Å². The van der Waals surface area contributed by atoms with E-state index in [1.54, 1.807) is 6.07 Å². The first-order valence-corrected chi connectivity index (χ1v) is 5.67. The first-order chi connectivity index (χ1) is 9.52. The van der Waals surface area contributed by atoms with Crippen molar-refractivity contribution in [3.63, 3.8) is 0 Å². The molecule has 100 valence electrons. The van der Waals surface area contributed by atoms with Crippen LogP contribution in [0.25, 0.3) is 0 Å². The second kappa shape index (κ2) is 5.63. The summed E-state index contributed by atoms with van der Waals surface area (Å²) < 4.78 is 26.6. The Kier molecular flexibility index (Phi) is 3.91. The van der Waals surface area contributed by atoms with E-state index in [-0.39, 0.29) is 22.0 Å². The minimum absolute atomic E-state index is 0.156. The fourth-order valence-corrected chi connectivity index (χ4v) is 1.65. The van der Waals surface area contributed by atoms with Gasteiger partial charge in [0.2, 0.25) is 0 Å². The number of nitriles is 1. The van der Waals surface area contributed by atoms with Gasteiger partial charge in [-0.1, -0.05) is 11.6 Å². The van der Waals surface area contributed by atoms with Crippen molar-refractivity contribution >= 4 is 23.0 Å². The van der Waals surface area contributed by atoms with E-state index in [1.807, 2.05) is 0 Å². The van der Waals surface area contributed by atoms with Gasteiger partial charge in [-0.25, -0.2) is 13.8 Å². The molecule has 0 atom stereocenters. The van der Waals surface area contributed by atoms with E-state index in [2.05, 4.69) is 9.98 Å². The fourth-order valence-electron chi connectivity index (χ4n) is 1.48. The van der Waals surface area contributed by atoms with Crippen molar-refractivity contribution in [2.75, 3.05) is 0 Å². The second-order valence-electron chi connectivity index (χ2n) is 3.69. The van der Waals surface area contributed by atoms with Crippen molar-refractivity contribution in [3.05, 3.63) is 52.8 Å². The summed E-state index contributed by atoms with van der Waals surface area (Å²) in [5, 5.41) is 18.4. The Labute approximate surface area is 117 Å². The summed E-state index contributed by atoms with van der Waals surface area (Å²) in [7, 11) is 0. The minimum Gasteiger partial charge on any atom is -0.505 e. The number of aromatic nitrogens is 1. The molecule has 1 N–H and O–H groups in total. The van der Waals surface area contributed by atoms with Crippen LogP contribution in [0.5, 0.6) is 5.75 Å². The number of nitrogens with zero attached hydrogens (tertiary/aromatic N) is 3. The van der Waals surface area contributed by atoms with Crippen molar-refractivity contribution < 1.29 is 13.9 Å². The van der Waals surface area contributed by atoms with Gasteiger partial charge in [0.05, 0.1) is 28.7 Å². The van der Waals surface area contributed by atoms with Crippen molar-refractivity contribution in [2.24, 2.45) is 4.99 Å². The summed E-state index contributed by atoms with van der Waals surface area (Å²) in [4.78, 5) is 7.28. The van der Waals surface area contributed by atoms with Crippen LogP contribution in [0.3, 0.4) is 0 Å². The average molecular weight is 294 g/mol. The molecule has 0 saturated carbocycles.